The largest absolute Gasteiger partial charge is 0.383 e. The summed E-state index contributed by atoms with van der Waals surface area (Å²) in [5.74, 6) is 1.38. The van der Waals surface area contributed by atoms with Crippen molar-refractivity contribution in [3.8, 4) is 0 Å². The van der Waals surface area contributed by atoms with Crippen LogP contribution >= 0.6 is 23.5 Å². The monoisotopic (exact) mass is 507 g/mol. The average molecular weight is 508 g/mol. The summed E-state index contributed by atoms with van der Waals surface area (Å²) in [6, 6.07) is 7.03. The second-order valence-electron chi connectivity index (χ2n) is 6.49. The van der Waals surface area contributed by atoms with E-state index >= 15 is 0 Å². The Bertz CT molecular complexity index is 1240. The second-order valence-corrected chi connectivity index (χ2v) is 9.94. The van der Waals surface area contributed by atoms with Crippen LogP contribution in [0.2, 0.25) is 0 Å². The van der Waals surface area contributed by atoms with Crippen LogP contribution in [0, 0.1) is 0 Å². The normalized spacial score (nSPS) is 11.3. The van der Waals surface area contributed by atoms with Gasteiger partial charge >= 0.3 is 0 Å². The number of primary sulfonamides is 1. The zero-order valence-electron chi connectivity index (χ0n) is 17.2. The summed E-state index contributed by atoms with van der Waals surface area (Å²) in [5.41, 5.74) is 11.8. The summed E-state index contributed by atoms with van der Waals surface area (Å²) >= 11 is 2.51. The van der Waals surface area contributed by atoms with E-state index in [9.17, 15) is 13.2 Å². The third kappa shape index (κ3) is 6.92. The predicted molar refractivity (Wildman–Crippen MR) is 128 cm³/mol. The van der Waals surface area contributed by atoms with Crippen molar-refractivity contribution >= 4 is 56.8 Å². The molecule has 0 bridgehead atoms. The Kier molecular flexibility index (Phi) is 7.91. The molecule has 7 N–H and O–H groups in total. The summed E-state index contributed by atoms with van der Waals surface area (Å²) in [6.07, 6.45) is 1.70. The molecule has 1 amide bonds. The molecule has 0 aliphatic heterocycles. The third-order valence-electron chi connectivity index (χ3n) is 3.98. The molecule has 1 aromatic carbocycles. The minimum absolute atomic E-state index is 0.0379. The molecule has 0 spiro atoms. The van der Waals surface area contributed by atoms with Crippen LogP contribution < -0.4 is 21.9 Å². The number of aromatic nitrogens is 5. The molecule has 0 saturated carbocycles. The van der Waals surface area contributed by atoms with Gasteiger partial charge < -0.3 is 21.4 Å². The van der Waals surface area contributed by atoms with Crippen LogP contribution in [-0.4, -0.2) is 44.8 Å². The minimum Gasteiger partial charge on any atom is -0.383 e. The van der Waals surface area contributed by atoms with Gasteiger partial charge in [-0.2, -0.15) is 0 Å². The number of rotatable bonds is 10. The van der Waals surface area contributed by atoms with Crippen LogP contribution in [0.4, 0.5) is 17.3 Å². The van der Waals surface area contributed by atoms with Gasteiger partial charge in [0.2, 0.25) is 15.9 Å². The van der Waals surface area contributed by atoms with E-state index < -0.39 is 10.0 Å². The maximum atomic E-state index is 12.3. The smallest absolute Gasteiger partial charge is 0.238 e. The Labute approximate surface area is 198 Å². The minimum atomic E-state index is -3.79. The number of anilines is 3. The van der Waals surface area contributed by atoms with Gasteiger partial charge in [-0.05, 0) is 24.3 Å². The molecular weight excluding hydrogens is 486 g/mol. The Morgan fingerprint density at radius 1 is 1.12 bits per heavy atom. The molecule has 0 radical (unpaired) electrons. The maximum absolute atomic E-state index is 12.3. The van der Waals surface area contributed by atoms with E-state index in [2.05, 4.69) is 32.1 Å². The number of sulfonamides is 1. The molecule has 33 heavy (non-hydrogen) atoms. The lowest BCUT2D eigenvalue weighted by Crippen LogP contribution is -2.15. The van der Waals surface area contributed by atoms with Gasteiger partial charge in [0.25, 0.3) is 0 Å². The number of thioether (sulfide) groups is 2. The molecule has 15 heteroatoms. The van der Waals surface area contributed by atoms with E-state index in [1.165, 1.54) is 53.9 Å². The van der Waals surface area contributed by atoms with Crippen molar-refractivity contribution in [3.05, 3.63) is 48.8 Å². The Morgan fingerprint density at radius 3 is 2.39 bits per heavy atom. The van der Waals surface area contributed by atoms with Gasteiger partial charge in [0.05, 0.1) is 16.4 Å². The van der Waals surface area contributed by atoms with Gasteiger partial charge in [-0.15, -0.1) is 16.8 Å². The molecule has 2 heterocycles. The van der Waals surface area contributed by atoms with Gasteiger partial charge in [-0.1, -0.05) is 29.6 Å². The van der Waals surface area contributed by atoms with E-state index in [1.807, 2.05) is 4.57 Å². The van der Waals surface area contributed by atoms with Crippen molar-refractivity contribution in [2.45, 2.75) is 27.5 Å². The molecule has 2 aromatic heterocycles. The van der Waals surface area contributed by atoms with E-state index in [4.69, 9.17) is 16.6 Å². The summed E-state index contributed by atoms with van der Waals surface area (Å²) in [6.45, 7) is 4.20. The molecule has 0 unspecified atom stereocenters. The van der Waals surface area contributed by atoms with Gasteiger partial charge in [0.1, 0.15) is 17.5 Å². The first kappa shape index (κ1) is 24.5. The molecule has 12 nitrogen and oxygen atoms in total. The number of nitrogens with two attached hydrogens (primary N) is 3. The van der Waals surface area contributed by atoms with Gasteiger partial charge in [0, 0.05) is 18.3 Å². The number of nitrogens with one attached hydrogen (secondary N) is 1. The molecule has 0 saturated heterocycles. The van der Waals surface area contributed by atoms with Crippen LogP contribution in [0.3, 0.4) is 0 Å². The van der Waals surface area contributed by atoms with E-state index in [0.29, 0.717) is 34.1 Å². The highest BCUT2D eigenvalue weighted by Crippen LogP contribution is 2.24. The Morgan fingerprint density at radius 2 is 1.79 bits per heavy atom. The van der Waals surface area contributed by atoms with Crippen molar-refractivity contribution in [3.63, 3.8) is 0 Å². The van der Waals surface area contributed by atoms with Crippen LogP contribution in [0.15, 0.2) is 58.2 Å². The second kappa shape index (κ2) is 10.7. The first-order valence-corrected chi connectivity index (χ1v) is 12.8. The van der Waals surface area contributed by atoms with Crippen LogP contribution in [0.1, 0.15) is 5.82 Å². The first-order valence-electron chi connectivity index (χ1n) is 9.27. The van der Waals surface area contributed by atoms with Crippen molar-refractivity contribution < 1.29 is 13.2 Å². The lowest BCUT2D eigenvalue weighted by atomic mass is 10.3. The fourth-order valence-corrected chi connectivity index (χ4v) is 4.65. The number of amides is 1. The van der Waals surface area contributed by atoms with Gasteiger partial charge in [0.15, 0.2) is 10.3 Å². The zero-order valence-corrected chi connectivity index (χ0v) is 19.7. The van der Waals surface area contributed by atoms with Crippen LogP contribution in [-0.2, 0) is 27.1 Å². The Balaban J connectivity index is 1.61. The van der Waals surface area contributed by atoms with Crippen LogP contribution in [0.25, 0.3) is 0 Å². The summed E-state index contributed by atoms with van der Waals surface area (Å²) in [5, 5.41) is 17.1. The molecule has 0 aliphatic rings. The Hall–Kier alpha value is -3.14. The zero-order chi connectivity index (χ0) is 24.0. The highest BCUT2D eigenvalue weighted by atomic mass is 32.2. The summed E-state index contributed by atoms with van der Waals surface area (Å²) < 4.78 is 24.5. The van der Waals surface area contributed by atoms with Crippen molar-refractivity contribution in [2.75, 3.05) is 22.5 Å². The molecule has 3 aromatic rings. The number of allylic oxidation sites excluding steroid dienone is 1. The van der Waals surface area contributed by atoms with E-state index in [0.717, 1.165) is 0 Å². The summed E-state index contributed by atoms with van der Waals surface area (Å²) in [7, 11) is -3.79. The summed E-state index contributed by atoms with van der Waals surface area (Å²) in [4.78, 5) is 20.5. The van der Waals surface area contributed by atoms with Gasteiger partial charge in [-0.25, -0.2) is 23.5 Å². The number of benzene rings is 1. The molecule has 0 fully saturated rings. The lowest BCUT2D eigenvalue weighted by Gasteiger charge is -2.08. The third-order valence-corrected chi connectivity index (χ3v) is 6.72. The predicted octanol–water partition coefficient (Wildman–Crippen LogP) is 1.09. The SMILES string of the molecule is C=CCn1c(CSc2nc(N)cc(N)n2)nnc1SCC(=O)Nc1ccc(S(N)(=O)=O)cc1. The topological polar surface area (TPSA) is 198 Å². The first-order chi connectivity index (χ1) is 15.7. The standard InChI is InChI=1S/C18H21N9O3S3/c1-2-7-27-15(9-31-17-23-13(19)8-14(20)24-17)25-26-18(27)32-10-16(28)22-11-3-5-12(6-4-11)33(21,29)30/h2-6,8H,1,7,9-10H2,(H,22,28)(H2,21,29,30)(H4,19,20,23,24). The maximum Gasteiger partial charge on any atom is 0.238 e. The number of hydrogen-bond donors (Lipinski definition) is 4. The fourth-order valence-electron chi connectivity index (χ4n) is 2.56. The number of nitrogen functional groups attached to an aromatic ring is 2. The van der Waals surface area contributed by atoms with Crippen LogP contribution in [0.5, 0.6) is 0 Å². The molecule has 174 valence electrons. The molecule has 0 aliphatic carbocycles. The number of nitrogens with zero attached hydrogens (tertiary/aromatic N) is 5. The van der Waals surface area contributed by atoms with E-state index in [-0.39, 0.29) is 28.2 Å². The highest BCUT2D eigenvalue weighted by molar-refractivity contribution is 7.99. The number of carbonyl (C=O) groups is 1. The lowest BCUT2D eigenvalue weighted by molar-refractivity contribution is -0.113. The van der Waals surface area contributed by atoms with Crippen molar-refractivity contribution in [1.29, 1.82) is 0 Å². The van der Waals surface area contributed by atoms with Gasteiger partial charge in [-0.3, -0.25) is 4.79 Å². The highest BCUT2D eigenvalue weighted by Gasteiger charge is 2.15. The average Bonchev–Trinajstić information content (AvgIpc) is 3.12. The molecular formula is C18H21N9O3S3. The fraction of sp³-hybridized carbons (Fsp3) is 0.167. The van der Waals surface area contributed by atoms with Crippen molar-refractivity contribution in [1.82, 2.24) is 24.7 Å². The van der Waals surface area contributed by atoms with E-state index in [1.54, 1.807) is 6.08 Å². The number of hydrogen-bond acceptors (Lipinski definition) is 11. The molecule has 0 atom stereocenters. The van der Waals surface area contributed by atoms with Crippen molar-refractivity contribution in [2.24, 2.45) is 5.14 Å². The quantitative estimate of drug-likeness (QED) is 0.174. The number of carbonyl (C=O) groups excluding carboxylic acids is 1. The molecule has 3 rings (SSSR count).